The van der Waals surface area contributed by atoms with Gasteiger partial charge >= 0.3 is 6.18 Å². The van der Waals surface area contributed by atoms with Crippen LogP contribution in [-0.4, -0.2) is 56.7 Å². The molecule has 0 saturated heterocycles. The molecule has 26 heavy (non-hydrogen) atoms. The number of nitrogens with one attached hydrogen (secondary N) is 2. The number of guanidine groups is 1. The number of benzene rings is 1. The van der Waals surface area contributed by atoms with Gasteiger partial charge in [0.05, 0.1) is 13.1 Å². The zero-order chi connectivity index (χ0) is 18.9. The summed E-state index contributed by atoms with van der Waals surface area (Å²) in [4.78, 5) is 17.4. The van der Waals surface area contributed by atoms with Gasteiger partial charge in [-0.1, -0.05) is 12.1 Å². The number of likely N-dealkylation sites (N-methyl/N-ethyl adjacent to an activating group) is 1. The van der Waals surface area contributed by atoms with Crippen molar-refractivity contribution < 1.29 is 22.7 Å². The maximum Gasteiger partial charge on any atom is 0.422 e. The maximum absolute atomic E-state index is 12.2. The van der Waals surface area contributed by atoms with Gasteiger partial charge in [-0.15, -0.1) is 24.0 Å². The molecule has 0 atom stereocenters. The molecular formula is C16H24F3IN4O2. The minimum atomic E-state index is -4.38. The van der Waals surface area contributed by atoms with Crippen molar-refractivity contribution in [1.29, 1.82) is 0 Å². The summed E-state index contributed by atoms with van der Waals surface area (Å²) < 4.78 is 41.3. The molecule has 0 aliphatic rings. The zero-order valence-electron chi connectivity index (χ0n) is 14.9. The first kappa shape index (κ1) is 24.3. The molecule has 6 nitrogen and oxygen atoms in total. The van der Waals surface area contributed by atoms with Crippen molar-refractivity contribution in [3.05, 3.63) is 29.8 Å². The first-order valence-corrected chi connectivity index (χ1v) is 7.72. The molecule has 0 bridgehead atoms. The molecule has 0 radical (unpaired) electrons. The number of carbonyl (C=O) groups is 1. The smallest absolute Gasteiger partial charge is 0.422 e. The Balaban J connectivity index is 0.00000625. The summed E-state index contributed by atoms with van der Waals surface area (Å²) in [5, 5.41) is 5.89. The van der Waals surface area contributed by atoms with Crippen LogP contribution in [0.1, 0.15) is 12.5 Å². The van der Waals surface area contributed by atoms with Crippen LogP contribution < -0.4 is 15.4 Å². The lowest BCUT2D eigenvalue weighted by Gasteiger charge is -2.14. The van der Waals surface area contributed by atoms with Crippen LogP contribution in [0.5, 0.6) is 5.75 Å². The summed E-state index contributed by atoms with van der Waals surface area (Å²) in [7, 11) is 3.31. The monoisotopic (exact) mass is 488 g/mol. The minimum absolute atomic E-state index is 0. The summed E-state index contributed by atoms with van der Waals surface area (Å²) in [6, 6.07) is 6.30. The highest BCUT2D eigenvalue weighted by Gasteiger charge is 2.28. The largest absolute Gasteiger partial charge is 0.484 e. The molecular weight excluding hydrogens is 464 g/mol. The molecule has 0 unspecified atom stereocenters. The second-order valence-electron chi connectivity index (χ2n) is 5.39. The third kappa shape index (κ3) is 10.3. The van der Waals surface area contributed by atoms with Crippen LogP contribution >= 0.6 is 24.0 Å². The SMILES string of the molecule is CCNC(=NCc1cccc(OCC(F)(F)F)c1)NCC(=O)N(C)C.I. The van der Waals surface area contributed by atoms with Gasteiger partial charge in [-0.3, -0.25) is 4.79 Å². The quantitative estimate of drug-likeness (QED) is 0.352. The summed E-state index contributed by atoms with van der Waals surface area (Å²) in [6.07, 6.45) is -4.38. The van der Waals surface area contributed by atoms with Crippen molar-refractivity contribution in [3.8, 4) is 5.75 Å². The summed E-state index contributed by atoms with van der Waals surface area (Å²) in [5.41, 5.74) is 0.691. The number of aliphatic imine (C=N–C) groups is 1. The molecule has 0 saturated carbocycles. The van der Waals surface area contributed by atoms with E-state index in [1.54, 1.807) is 26.2 Å². The number of carbonyl (C=O) groups excluding carboxylic acids is 1. The molecule has 0 aliphatic heterocycles. The average molecular weight is 488 g/mol. The Bertz CT molecular complexity index is 595. The Hall–Kier alpha value is -1.72. The van der Waals surface area contributed by atoms with Crippen LogP contribution in [0.25, 0.3) is 0 Å². The van der Waals surface area contributed by atoms with E-state index >= 15 is 0 Å². The average Bonchev–Trinajstić information content (AvgIpc) is 2.55. The number of ether oxygens (including phenoxy) is 1. The predicted octanol–water partition coefficient (Wildman–Crippen LogP) is 2.39. The van der Waals surface area contributed by atoms with Gasteiger partial charge in [0.1, 0.15) is 5.75 Å². The predicted molar refractivity (Wildman–Crippen MR) is 105 cm³/mol. The highest BCUT2D eigenvalue weighted by molar-refractivity contribution is 14.0. The lowest BCUT2D eigenvalue weighted by molar-refractivity contribution is -0.153. The van der Waals surface area contributed by atoms with Crippen LogP contribution in [0, 0.1) is 0 Å². The maximum atomic E-state index is 12.2. The number of hydrogen-bond donors (Lipinski definition) is 2. The van der Waals surface area contributed by atoms with E-state index in [2.05, 4.69) is 15.6 Å². The Kier molecular flexibility index (Phi) is 11.0. The molecule has 0 spiro atoms. The minimum Gasteiger partial charge on any atom is -0.484 e. The number of amides is 1. The van der Waals surface area contributed by atoms with Crippen LogP contribution in [-0.2, 0) is 11.3 Å². The second-order valence-corrected chi connectivity index (χ2v) is 5.39. The molecule has 0 aliphatic carbocycles. The third-order valence-electron chi connectivity index (χ3n) is 2.97. The fourth-order valence-electron chi connectivity index (χ4n) is 1.73. The van der Waals surface area contributed by atoms with Crippen LogP contribution in [0.15, 0.2) is 29.3 Å². The van der Waals surface area contributed by atoms with E-state index in [9.17, 15) is 18.0 Å². The van der Waals surface area contributed by atoms with Crippen molar-refractivity contribution >= 4 is 35.8 Å². The molecule has 0 fully saturated rings. The van der Waals surface area contributed by atoms with Crippen LogP contribution in [0.2, 0.25) is 0 Å². The topological polar surface area (TPSA) is 66.0 Å². The van der Waals surface area contributed by atoms with Crippen molar-refractivity contribution in [2.45, 2.75) is 19.6 Å². The molecule has 1 aromatic carbocycles. The van der Waals surface area contributed by atoms with E-state index in [-0.39, 0.29) is 48.7 Å². The standard InChI is InChI=1S/C16H23F3N4O2.HI/c1-4-20-15(22-10-14(24)23(2)3)21-9-12-6-5-7-13(8-12)25-11-16(17,18)19;/h5-8H,4,9-11H2,1-3H3,(H2,20,21,22);1H. The Morgan fingerprint density at radius 1 is 1.27 bits per heavy atom. The highest BCUT2D eigenvalue weighted by atomic mass is 127. The van der Waals surface area contributed by atoms with Gasteiger partial charge < -0.3 is 20.3 Å². The molecule has 1 amide bonds. The first-order chi connectivity index (χ1) is 11.7. The molecule has 10 heteroatoms. The Labute approximate surface area is 168 Å². The molecule has 2 N–H and O–H groups in total. The number of rotatable bonds is 7. The summed E-state index contributed by atoms with van der Waals surface area (Å²) >= 11 is 0. The third-order valence-corrected chi connectivity index (χ3v) is 2.97. The van der Waals surface area contributed by atoms with Crippen molar-refractivity contribution in [1.82, 2.24) is 15.5 Å². The van der Waals surface area contributed by atoms with Gasteiger partial charge in [0.25, 0.3) is 0 Å². The van der Waals surface area contributed by atoms with Gasteiger partial charge in [-0.05, 0) is 24.6 Å². The fourth-order valence-corrected chi connectivity index (χ4v) is 1.73. The molecule has 0 aromatic heterocycles. The molecule has 0 heterocycles. The molecule has 148 valence electrons. The Morgan fingerprint density at radius 3 is 2.54 bits per heavy atom. The van der Waals surface area contributed by atoms with Gasteiger partial charge in [-0.2, -0.15) is 13.2 Å². The van der Waals surface area contributed by atoms with Crippen molar-refractivity contribution in [2.75, 3.05) is 33.8 Å². The number of halogens is 4. The number of hydrogen-bond acceptors (Lipinski definition) is 3. The molecule has 1 rings (SSSR count). The zero-order valence-corrected chi connectivity index (χ0v) is 17.2. The van der Waals surface area contributed by atoms with Gasteiger partial charge in [0.2, 0.25) is 5.91 Å². The first-order valence-electron chi connectivity index (χ1n) is 7.72. The van der Waals surface area contributed by atoms with E-state index in [1.165, 1.54) is 17.0 Å². The lowest BCUT2D eigenvalue weighted by atomic mass is 10.2. The number of nitrogens with zero attached hydrogens (tertiary/aromatic N) is 2. The normalized spacial score (nSPS) is 11.4. The van der Waals surface area contributed by atoms with E-state index < -0.39 is 12.8 Å². The van der Waals surface area contributed by atoms with Crippen LogP contribution in [0.4, 0.5) is 13.2 Å². The second kappa shape index (κ2) is 11.8. The summed E-state index contributed by atoms with van der Waals surface area (Å²) in [5.74, 6) is 0.471. The Morgan fingerprint density at radius 2 is 1.96 bits per heavy atom. The van der Waals surface area contributed by atoms with E-state index in [0.717, 1.165) is 0 Å². The fraction of sp³-hybridized carbons (Fsp3) is 0.500. The van der Waals surface area contributed by atoms with Gasteiger partial charge in [0.15, 0.2) is 12.6 Å². The van der Waals surface area contributed by atoms with Gasteiger partial charge in [0, 0.05) is 20.6 Å². The highest BCUT2D eigenvalue weighted by Crippen LogP contribution is 2.19. The summed E-state index contributed by atoms with van der Waals surface area (Å²) in [6.45, 7) is 1.48. The lowest BCUT2D eigenvalue weighted by Crippen LogP contribution is -2.42. The van der Waals surface area contributed by atoms with Crippen LogP contribution in [0.3, 0.4) is 0 Å². The van der Waals surface area contributed by atoms with Crippen molar-refractivity contribution in [3.63, 3.8) is 0 Å². The van der Waals surface area contributed by atoms with E-state index in [4.69, 9.17) is 4.74 Å². The number of alkyl halides is 3. The van der Waals surface area contributed by atoms with Crippen molar-refractivity contribution in [2.24, 2.45) is 4.99 Å². The van der Waals surface area contributed by atoms with E-state index in [1.807, 2.05) is 6.92 Å². The van der Waals surface area contributed by atoms with Gasteiger partial charge in [-0.25, -0.2) is 4.99 Å². The molecule has 1 aromatic rings. The van der Waals surface area contributed by atoms with E-state index in [0.29, 0.717) is 18.1 Å².